The minimum absolute atomic E-state index is 0.631. The van der Waals surface area contributed by atoms with Gasteiger partial charge in [-0.05, 0) is 73.5 Å². The van der Waals surface area contributed by atoms with Gasteiger partial charge in [0.25, 0.3) is 0 Å². The molecule has 5 aromatic heterocycles. The monoisotopic (exact) mass is 500 g/mol. The highest BCUT2D eigenvalue weighted by atomic mass is 15.1. The summed E-state index contributed by atoms with van der Waals surface area (Å²) in [5, 5.41) is 7.81. The summed E-state index contributed by atoms with van der Waals surface area (Å²) < 4.78 is 0. The van der Waals surface area contributed by atoms with Crippen molar-refractivity contribution < 1.29 is 0 Å². The topological polar surface area (TPSA) is 112 Å². The SMILES string of the molecule is NC1=CC=C(c2cccnc2)c2cc(-c3n[nH]c4ccc(-c5cncc(CN6CCCC6)c5)nc34)[nH]c2C1. The molecule has 4 N–H and O–H groups in total. The van der Waals surface area contributed by atoms with Crippen molar-refractivity contribution in [3.63, 3.8) is 0 Å². The summed E-state index contributed by atoms with van der Waals surface area (Å²) in [6.45, 7) is 3.25. The van der Waals surface area contributed by atoms with Gasteiger partial charge < -0.3 is 10.7 Å². The number of likely N-dealkylation sites (tertiary alicyclic amines) is 1. The molecule has 0 unspecified atom stereocenters. The lowest BCUT2D eigenvalue weighted by Gasteiger charge is -2.14. The van der Waals surface area contributed by atoms with Crippen molar-refractivity contribution in [2.24, 2.45) is 5.73 Å². The standard InChI is InChI=1S/C30H28N8/c31-22-5-6-23(20-4-3-9-32-16-20)24-14-28(34-27(24)13-22)30-29-26(36-37-30)8-7-25(35-29)21-12-19(15-33-17-21)18-38-10-1-2-11-38/h3-9,12,14-17,34H,1-2,10-11,13,18,31H2,(H,36,37). The third kappa shape index (κ3) is 4.18. The third-order valence-corrected chi connectivity index (χ3v) is 7.37. The first-order valence-corrected chi connectivity index (χ1v) is 13.0. The zero-order valence-corrected chi connectivity index (χ0v) is 21.0. The van der Waals surface area contributed by atoms with Crippen LogP contribution in [-0.2, 0) is 13.0 Å². The Labute approximate surface area is 220 Å². The second kappa shape index (κ2) is 9.39. The fourth-order valence-corrected chi connectivity index (χ4v) is 5.48. The fraction of sp³-hybridized carbons (Fsp3) is 0.200. The van der Waals surface area contributed by atoms with E-state index in [0.717, 1.165) is 81.4 Å². The molecule has 1 fully saturated rings. The Bertz CT molecular complexity index is 1690. The van der Waals surface area contributed by atoms with E-state index in [1.165, 1.54) is 18.4 Å². The van der Waals surface area contributed by atoms with E-state index < -0.39 is 0 Å². The number of aromatic nitrogens is 6. The molecule has 0 radical (unpaired) electrons. The number of fused-ring (bicyclic) bond motifs is 2. The van der Waals surface area contributed by atoms with E-state index in [0.29, 0.717) is 6.42 Å². The van der Waals surface area contributed by atoms with Gasteiger partial charge in [0.05, 0.1) is 16.9 Å². The quantitative estimate of drug-likeness (QED) is 0.318. The Morgan fingerprint density at radius 2 is 1.84 bits per heavy atom. The van der Waals surface area contributed by atoms with Gasteiger partial charge in [-0.15, -0.1) is 0 Å². The lowest BCUT2D eigenvalue weighted by molar-refractivity contribution is 0.331. The molecule has 7 rings (SSSR count). The normalized spacial score (nSPS) is 15.8. The molecule has 0 saturated carbocycles. The summed E-state index contributed by atoms with van der Waals surface area (Å²) in [6, 6.07) is 12.4. The van der Waals surface area contributed by atoms with E-state index in [1.54, 1.807) is 6.20 Å². The molecule has 188 valence electrons. The number of allylic oxidation sites excluding steroid dienone is 3. The number of rotatable bonds is 5. The molecule has 0 amide bonds. The molecule has 8 nitrogen and oxygen atoms in total. The fourth-order valence-electron chi connectivity index (χ4n) is 5.48. The second-order valence-corrected chi connectivity index (χ2v) is 10.0. The van der Waals surface area contributed by atoms with Crippen LogP contribution in [0.1, 0.15) is 35.2 Å². The van der Waals surface area contributed by atoms with Crippen molar-refractivity contribution in [3.8, 4) is 22.6 Å². The number of nitrogens with one attached hydrogen (secondary N) is 2. The van der Waals surface area contributed by atoms with Crippen molar-refractivity contribution in [2.45, 2.75) is 25.8 Å². The number of aromatic amines is 2. The van der Waals surface area contributed by atoms with E-state index in [1.807, 2.05) is 42.9 Å². The lowest BCUT2D eigenvalue weighted by atomic mass is 9.99. The Morgan fingerprint density at radius 1 is 0.947 bits per heavy atom. The summed E-state index contributed by atoms with van der Waals surface area (Å²) in [5.41, 5.74) is 17.8. The van der Waals surface area contributed by atoms with Gasteiger partial charge >= 0.3 is 0 Å². The zero-order valence-electron chi connectivity index (χ0n) is 21.0. The maximum Gasteiger partial charge on any atom is 0.135 e. The van der Waals surface area contributed by atoms with Crippen LogP contribution in [0.3, 0.4) is 0 Å². The van der Waals surface area contributed by atoms with Crippen molar-refractivity contribution in [3.05, 3.63) is 101 Å². The molecule has 2 aliphatic rings. The van der Waals surface area contributed by atoms with Gasteiger partial charge in [-0.1, -0.05) is 12.1 Å². The first kappa shape index (κ1) is 22.6. The van der Waals surface area contributed by atoms with Crippen molar-refractivity contribution in [1.82, 2.24) is 35.0 Å². The van der Waals surface area contributed by atoms with E-state index in [4.69, 9.17) is 10.7 Å². The van der Waals surface area contributed by atoms with Crippen molar-refractivity contribution in [2.75, 3.05) is 13.1 Å². The van der Waals surface area contributed by atoms with Crippen LogP contribution in [0.4, 0.5) is 0 Å². The van der Waals surface area contributed by atoms with Crippen molar-refractivity contribution >= 4 is 16.6 Å². The van der Waals surface area contributed by atoms with Crippen LogP contribution in [0.15, 0.2) is 79.0 Å². The Balaban J connectivity index is 1.27. The van der Waals surface area contributed by atoms with Crippen LogP contribution in [0, 0.1) is 0 Å². The first-order valence-electron chi connectivity index (χ1n) is 13.0. The average molecular weight is 501 g/mol. The van der Waals surface area contributed by atoms with Crippen LogP contribution in [0.2, 0.25) is 0 Å². The molecule has 1 saturated heterocycles. The molecular weight excluding hydrogens is 472 g/mol. The molecule has 0 spiro atoms. The summed E-state index contributed by atoms with van der Waals surface area (Å²) in [4.78, 5) is 20.0. The van der Waals surface area contributed by atoms with Crippen LogP contribution < -0.4 is 5.73 Å². The highest BCUT2D eigenvalue weighted by Crippen LogP contribution is 2.35. The second-order valence-electron chi connectivity index (χ2n) is 10.0. The predicted molar refractivity (Wildman–Crippen MR) is 149 cm³/mol. The number of pyridine rings is 3. The van der Waals surface area contributed by atoms with Crippen LogP contribution in [0.5, 0.6) is 0 Å². The third-order valence-electron chi connectivity index (χ3n) is 7.37. The van der Waals surface area contributed by atoms with Crippen LogP contribution in [0.25, 0.3) is 39.3 Å². The van der Waals surface area contributed by atoms with Crippen LogP contribution in [-0.4, -0.2) is 48.1 Å². The summed E-state index contributed by atoms with van der Waals surface area (Å²) in [5.74, 6) is 0. The first-order chi connectivity index (χ1) is 18.7. The Kier molecular flexibility index (Phi) is 5.59. The molecule has 0 aromatic carbocycles. The number of nitrogens with two attached hydrogens (primary N) is 1. The number of H-pyrrole nitrogens is 2. The molecule has 38 heavy (non-hydrogen) atoms. The molecule has 0 atom stereocenters. The Morgan fingerprint density at radius 3 is 2.71 bits per heavy atom. The highest BCUT2D eigenvalue weighted by molar-refractivity contribution is 5.92. The van der Waals surface area contributed by atoms with E-state index in [-0.39, 0.29) is 0 Å². The molecule has 8 heteroatoms. The molecular formula is C30H28N8. The Hall–Kier alpha value is -4.56. The lowest BCUT2D eigenvalue weighted by Crippen LogP contribution is -2.18. The summed E-state index contributed by atoms with van der Waals surface area (Å²) in [6.07, 6.45) is 14.7. The number of hydrogen-bond donors (Lipinski definition) is 3. The number of nitrogens with zero attached hydrogens (tertiary/aromatic N) is 5. The largest absolute Gasteiger partial charge is 0.402 e. The number of hydrogen-bond acceptors (Lipinski definition) is 6. The molecule has 1 aliphatic carbocycles. The van der Waals surface area contributed by atoms with E-state index >= 15 is 0 Å². The van der Waals surface area contributed by atoms with Gasteiger partial charge in [0.2, 0.25) is 0 Å². The smallest absolute Gasteiger partial charge is 0.135 e. The molecule has 1 aliphatic heterocycles. The van der Waals surface area contributed by atoms with Gasteiger partial charge in [0, 0.05) is 65.8 Å². The minimum Gasteiger partial charge on any atom is -0.402 e. The van der Waals surface area contributed by atoms with E-state index in [9.17, 15) is 0 Å². The molecule has 6 heterocycles. The minimum atomic E-state index is 0.631. The van der Waals surface area contributed by atoms with Gasteiger partial charge in [-0.3, -0.25) is 20.0 Å². The van der Waals surface area contributed by atoms with E-state index in [2.05, 4.69) is 54.3 Å². The maximum absolute atomic E-state index is 6.29. The zero-order chi connectivity index (χ0) is 25.5. The average Bonchev–Trinajstić information content (AvgIpc) is 3.68. The maximum atomic E-state index is 6.29. The van der Waals surface area contributed by atoms with Gasteiger partial charge in [0.1, 0.15) is 11.2 Å². The summed E-state index contributed by atoms with van der Waals surface area (Å²) in [7, 11) is 0. The van der Waals surface area contributed by atoms with Gasteiger partial charge in [-0.25, -0.2) is 4.98 Å². The highest BCUT2D eigenvalue weighted by Gasteiger charge is 2.21. The predicted octanol–water partition coefficient (Wildman–Crippen LogP) is 4.84. The van der Waals surface area contributed by atoms with Gasteiger partial charge in [0.15, 0.2) is 0 Å². The van der Waals surface area contributed by atoms with Crippen LogP contribution >= 0.6 is 0 Å². The molecule has 5 aromatic rings. The summed E-state index contributed by atoms with van der Waals surface area (Å²) >= 11 is 0. The molecule has 0 bridgehead atoms. The van der Waals surface area contributed by atoms with Crippen molar-refractivity contribution in [1.29, 1.82) is 0 Å². The van der Waals surface area contributed by atoms with Gasteiger partial charge in [-0.2, -0.15) is 5.10 Å².